The highest BCUT2D eigenvalue weighted by molar-refractivity contribution is 7.85. The summed E-state index contributed by atoms with van der Waals surface area (Å²) < 4.78 is 30.4. The predicted molar refractivity (Wildman–Crippen MR) is 72.0 cm³/mol. The third kappa shape index (κ3) is 4.18. The molecule has 0 aliphatic carbocycles. The number of nitrogens with zero attached hydrogens (tertiary/aromatic N) is 2. The van der Waals surface area contributed by atoms with Crippen LogP contribution in [0.3, 0.4) is 0 Å². The molecule has 19 heavy (non-hydrogen) atoms. The topological polar surface area (TPSA) is 61.2 Å². The van der Waals surface area contributed by atoms with Crippen LogP contribution < -0.4 is 0 Å². The van der Waals surface area contributed by atoms with Gasteiger partial charge in [-0.05, 0) is 12.5 Å². The molecule has 5 nitrogen and oxygen atoms in total. The van der Waals surface area contributed by atoms with Crippen LogP contribution in [0.5, 0.6) is 0 Å². The summed E-state index contributed by atoms with van der Waals surface area (Å²) in [6.45, 7) is 2.45. The van der Waals surface area contributed by atoms with Gasteiger partial charge in [-0.3, -0.25) is 4.18 Å². The summed E-state index contributed by atoms with van der Waals surface area (Å²) >= 11 is 0. The molecule has 102 valence electrons. The zero-order chi connectivity index (χ0) is 13.7. The molecule has 0 saturated carbocycles. The van der Waals surface area contributed by atoms with Crippen LogP contribution in [0.15, 0.2) is 42.7 Å². The minimum Gasteiger partial charge on any atom is -0.333 e. The van der Waals surface area contributed by atoms with Gasteiger partial charge in [-0.1, -0.05) is 30.3 Å². The van der Waals surface area contributed by atoms with Crippen LogP contribution in [-0.4, -0.2) is 24.6 Å². The second kappa shape index (κ2) is 5.99. The molecule has 0 spiro atoms. The van der Waals surface area contributed by atoms with E-state index >= 15 is 0 Å². The molecule has 0 bridgehead atoms. The average molecular weight is 280 g/mol. The molecule has 1 aromatic carbocycles. The lowest BCUT2D eigenvalue weighted by atomic mass is 10.2. The molecule has 1 heterocycles. The lowest BCUT2D eigenvalue weighted by Crippen LogP contribution is -2.14. The molecule has 2 rings (SSSR count). The Balaban J connectivity index is 1.86. The highest BCUT2D eigenvalue weighted by Gasteiger charge is 2.12. The fourth-order valence-electron chi connectivity index (χ4n) is 1.72. The van der Waals surface area contributed by atoms with Crippen LogP contribution in [0.4, 0.5) is 0 Å². The summed E-state index contributed by atoms with van der Waals surface area (Å²) in [7, 11) is -3.53. The van der Waals surface area contributed by atoms with Crippen molar-refractivity contribution in [3.63, 3.8) is 0 Å². The van der Waals surface area contributed by atoms with Crippen molar-refractivity contribution >= 4 is 10.1 Å². The second-order valence-electron chi connectivity index (χ2n) is 4.18. The van der Waals surface area contributed by atoms with Crippen molar-refractivity contribution in [2.24, 2.45) is 0 Å². The summed E-state index contributed by atoms with van der Waals surface area (Å²) in [5.41, 5.74) is 0.723. The van der Waals surface area contributed by atoms with E-state index in [9.17, 15) is 8.42 Å². The van der Waals surface area contributed by atoms with Gasteiger partial charge in [0.15, 0.2) is 0 Å². The highest BCUT2D eigenvalue weighted by atomic mass is 32.2. The molecule has 2 aromatic rings. The van der Waals surface area contributed by atoms with E-state index < -0.39 is 10.1 Å². The molecule has 1 aromatic heterocycles. The van der Waals surface area contributed by atoms with Crippen LogP contribution >= 0.6 is 0 Å². The van der Waals surface area contributed by atoms with Crippen molar-refractivity contribution in [3.05, 3.63) is 54.1 Å². The summed E-state index contributed by atoms with van der Waals surface area (Å²) in [5.74, 6) is 0.737. The largest absolute Gasteiger partial charge is 0.333 e. The lowest BCUT2D eigenvalue weighted by Gasteiger charge is -2.07. The third-order valence-corrected chi connectivity index (χ3v) is 3.92. The van der Waals surface area contributed by atoms with Crippen molar-refractivity contribution in [2.45, 2.75) is 19.2 Å². The van der Waals surface area contributed by atoms with Gasteiger partial charge in [0.05, 0.1) is 6.61 Å². The number of aryl methyl sites for hydroxylation is 1. The predicted octanol–water partition coefficient (Wildman–Crippen LogP) is 1.74. The molecule has 0 unspecified atom stereocenters. The Morgan fingerprint density at radius 2 is 2.00 bits per heavy atom. The molecule has 0 atom stereocenters. The number of hydrogen-bond donors (Lipinski definition) is 0. The smallest absolute Gasteiger partial charge is 0.271 e. The number of aromatic nitrogens is 2. The number of imidazole rings is 1. The summed E-state index contributed by atoms with van der Waals surface area (Å²) in [6, 6.07) is 8.99. The Morgan fingerprint density at radius 1 is 1.26 bits per heavy atom. The fraction of sp³-hybridized carbons (Fsp3) is 0.308. The Kier molecular flexibility index (Phi) is 4.34. The van der Waals surface area contributed by atoms with E-state index in [-0.39, 0.29) is 12.4 Å². The molecular weight excluding hydrogens is 264 g/mol. The van der Waals surface area contributed by atoms with Crippen molar-refractivity contribution in [1.29, 1.82) is 0 Å². The Labute approximate surface area is 113 Å². The van der Waals surface area contributed by atoms with Crippen molar-refractivity contribution in [2.75, 3.05) is 6.61 Å². The first kappa shape index (κ1) is 13.8. The van der Waals surface area contributed by atoms with E-state index in [4.69, 9.17) is 4.18 Å². The maximum absolute atomic E-state index is 11.8. The van der Waals surface area contributed by atoms with Gasteiger partial charge in [0.2, 0.25) is 0 Å². The van der Waals surface area contributed by atoms with Gasteiger partial charge in [-0.15, -0.1) is 0 Å². The van der Waals surface area contributed by atoms with Gasteiger partial charge >= 0.3 is 0 Å². The molecule has 0 N–H and O–H groups in total. The Bertz CT molecular complexity index is 620. The zero-order valence-corrected chi connectivity index (χ0v) is 11.5. The molecule has 0 fully saturated rings. The number of rotatable bonds is 6. The van der Waals surface area contributed by atoms with Crippen LogP contribution in [0.1, 0.15) is 11.4 Å². The zero-order valence-electron chi connectivity index (χ0n) is 10.7. The first-order chi connectivity index (χ1) is 9.07. The monoisotopic (exact) mass is 280 g/mol. The van der Waals surface area contributed by atoms with Gasteiger partial charge in [0, 0.05) is 18.9 Å². The van der Waals surface area contributed by atoms with Gasteiger partial charge < -0.3 is 4.57 Å². The number of benzene rings is 1. The summed E-state index contributed by atoms with van der Waals surface area (Å²) in [4.78, 5) is 4.06. The summed E-state index contributed by atoms with van der Waals surface area (Å²) in [6.07, 6.45) is 3.47. The van der Waals surface area contributed by atoms with Crippen molar-refractivity contribution in [3.8, 4) is 0 Å². The molecule has 0 saturated heterocycles. The van der Waals surface area contributed by atoms with Crippen LogP contribution in [0.2, 0.25) is 0 Å². The average Bonchev–Trinajstić information content (AvgIpc) is 2.76. The number of hydrogen-bond acceptors (Lipinski definition) is 4. The Morgan fingerprint density at radius 3 is 2.63 bits per heavy atom. The van der Waals surface area contributed by atoms with Crippen LogP contribution in [0.25, 0.3) is 0 Å². The van der Waals surface area contributed by atoms with Crippen LogP contribution in [-0.2, 0) is 26.6 Å². The van der Waals surface area contributed by atoms with E-state index in [2.05, 4.69) is 4.98 Å². The molecule has 0 aliphatic rings. The Hall–Kier alpha value is -1.66. The van der Waals surface area contributed by atoms with Gasteiger partial charge in [0.25, 0.3) is 10.1 Å². The van der Waals surface area contributed by atoms with E-state index in [1.165, 1.54) is 0 Å². The van der Waals surface area contributed by atoms with E-state index in [1.54, 1.807) is 36.7 Å². The normalized spacial score (nSPS) is 11.6. The van der Waals surface area contributed by atoms with Gasteiger partial charge in [-0.2, -0.15) is 8.42 Å². The third-order valence-electron chi connectivity index (χ3n) is 2.70. The van der Waals surface area contributed by atoms with Crippen molar-refractivity contribution in [1.82, 2.24) is 9.55 Å². The SMILES string of the molecule is Cc1nccn1CCOS(=O)(=O)Cc1ccccc1. The van der Waals surface area contributed by atoms with E-state index in [0.717, 1.165) is 11.4 Å². The fourth-order valence-corrected chi connectivity index (χ4v) is 2.74. The minimum atomic E-state index is -3.53. The van der Waals surface area contributed by atoms with Crippen LogP contribution in [0, 0.1) is 6.92 Å². The molecule has 6 heteroatoms. The quantitative estimate of drug-likeness (QED) is 0.756. The standard InChI is InChI=1S/C13H16N2O3S/c1-12-14-7-8-15(12)9-10-18-19(16,17)11-13-5-3-2-4-6-13/h2-8H,9-11H2,1H3. The highest BCUT2D eigenvalue weighted by Crippen LogP contribution is 2.07. The van der Waals surface area contributed by atoms with Gasteiger partial charge in [0.1, 0.15) is 11.6 Å². The lowest BCUT2D eigenvalue weighted by molar-refractivity contribution is 0.299. The molecule has 0 amide bonds. The first-order valence-corrected chi connectivity index (χ1v) is 7.53. The maximum atomic E-state index is 11.8. The second-order valence-corrected chi connectivity index (χ2v) is 5.82. The maximum Gasteiger partial charge on any atom is 0.271 e. The van der Waals surface area contributed by atoms with E-state index in [1.807, 2.05) is 17.6 Å². The minimum absolute atomic E-state index is 0.100. The molecule has 0 radical (unpaired) electrons. The summed E-state index contributed by atoms with van der Waals surface area (Å²) in [5, 5.41) is 0. The van der Waals surface area contributed by atoms with E-state index in [0.29, 0.717) is 6.54 Å². The molecule has 0 aliphatic heterocycles. The van der Waals surface area contributed by atoms with Gasteiger partial charge in [-0.25, -0.2) is 4.98 Å². The first-order valence-electron chi connectivity index (χ1n) is 5.95. The molecular formula is C13H16N2O3S. The van der Waals surface area contributed by atoms with Crippen molar-refractivity contribution < 1.29 is 12.6 Å².